The molecule has 1 aliphatic heterocycles. The zero-order valence-electron chi connectivity index (χ0n) is 13.8. The molecule has 6 heteroatoms. The van der Waals surface area contributed by atoms with Gasteiger partial charge >= 0.3 is 0 Å². The van der Waals surface area contributed by atoms with Crippen LogP contribution in [0.1, 0.15) is 34.3 Å². The van der Waals surface area contributed by atoms with E-state index in [4.69, 9.17) is 4.74 Å². The van der Waals surface area contributed by atoms with Crippen molar-refractivity contribution in [1.29, 1.82) is 0 Å². The average Bonchev–Trinajstić information content (AvgIpc) is 3.13. The topological polar surface area (TPSA) is 76.1 Å². The van der Waals surface area contributed by atoms with Gasteiger partial charge in [-0.25, -0.2) is 9.97 Å². The quantitative estimate of drug-likeness (QED) is 0.852. The van der Waals surface area contributed by atoms with Crippen molar-refractivity contribution in [2.24, 2.45) is 0 Å². The first-order chi connectivity index (χ1) is 11.7. The molecule has 0 radical (unpaired) electrons. The number of carbonyl (C=O) groups excluding carboxylic acids is 1. The molecule has 24 heavy (non-hydrogen) atoms. The molecule has 2 N–H and O–H groups in total. The summed E-state index contributed by atoms with van der Waals surface area (Å²) in [5.41, 5.74) is 2.84. The Balaban J connectivity index is 1.48. The second kappa shape index (κ2) is 7.88. The monoisotopic (exact) mass is 326 g/mol. The van der Waals surface area contributed by atoms with Crippen LogP contribution in [0.3, 0.4) is 0 Å². The molecule has 1 aromatic heterocycles. The average molecular weight is 326 g/mol. The fourth-order valence-electron chi connectivity index (χ4n) is 2.54. The first kappa shape index (κ1) is 16.4. The molecule has 0 bridgehead atoms. The Morgan fingerprint density at radius 1 is 1.25 bits per heavy atom. The lowest BCUT2D eigenvalue weighted by molar-refractivity contribution is 0.0857. The Labute approximate surface area is 141 Å². The van der Waals surface area contributed by atoms with Crippen LogP contribution in [0.2, 0.25) is 0 Å². The summed E-state index contributed by atoms with van der Waals surface area (Å²) < 4.78 is 5.48. The zero-order valence-corrected chi connectivity index (χ0v) is 13.8. The van der Waals surface area contributed by atoms with Crippen LogP contribution in [0.4, 0.5) is 5.95 Å². The van der Waals surface area contributed by atoms with Crippen molar-refractivity contribution in [3.8, 4) is 0 Å². The largest absolute Gasteiger partial charge is 0.376 e. The van der Waals surface area contributed by atoms with Gasteiger partial charge in [-0.3, -0.25) is 4.79 Å². The van der Waals surface area contributed by atoms with Gasteiger partial charge in [-0.05, 0) is 25.3 Å². The van der Waals surface area contributed by atoms with Gasteiger partial charge in [-0.1, -0.05) is 29.8 Å². The fraction of sp³-hybridized carbons (Fsp3) is 0.389. The van der Waals surface area contributed by atoms with Gasteiger partial charge in [0.15, 0.2) is 0 Å². The van der Waals surface area contributed by atoms with Gasteiger partial charge in [0.1, 0.15) is 0 Å². The lowest BCUT2D eigenvalue weighted by Gasteiger charge is -2.10. The predicted molar refractivity (Wildman–Crippen MR) is 91.8 cm³/mol. The Bertz CT molecular complexity index is 664. The van der Waals surface area contributed by atoms with Gasteiger partial charge < -0.3 is 15.4 Å². The lowest BCUT2D eigenvalue weighted by Crippen LogP contribution is -2.31. The summed E-state index contributed by atoms with van der Waals surface area (Å²) in [6.45, 7) is 4.02. The van der Waals surface area contributed by atoms with Crippen molar-refractivity contribution in [3.63, 3.8) is 0 Å². The molecular weight excluding hydrogens is 304 g/mol. The Morgan fingerprint density at radius 2 is 2.00 bits per heavy atom. The van der Waals surface area contributed by atoms with Crippen LogP contribution in [0.25, 0.3) is 0 Å². The maximum absolute atomic E-state index is 12.1. The molecule has 0 spiro atoms. The summed E-state index contributed by atoms with van der Waals surface area (Å²) in [7, 11) is 0. The first-order valence-corrected chi connectivity index (χ1v) is 8.22. The lowest BCUT2D eigenvalue weighted by atomic mass is 10.1. The van der Waals surface area contributed by atoms with Crippen molar-refractivity contribution in [3.05, 3.63) is 53.3 Å². The molecule has 1 saturated heterocycles. The predicted octanol–water partition coefficient (Wildman–Crippen LogP) is 2.31. The number of nitrogens with one attached hydrogen (secondary N) is 2. The maximum Gasteiger partial charge on any atom is 0.254 e. The van der Waals surface area contributed by atoms with Gasteiger partial charge in [0.2, 0.25) is 5.95 Å². The van der Waals surface area contributed by atoms with Crippen molar-refractivity contribution in [2.45, 2.75) is 32.4 Å². The molecular formula is C18H22N4O2. The summed E-state index contributed by atoms with van der Waals surface area (Å²) in [5.74, 6) is 0.335. The molecule has 6 nitrogen and oxygen atoms in total. The Morgan fingerprint density at radius 3 is 2.67 bits per heavy atom. The second-order valence-corrected chi connectivity index (χ2v) is 5.98. The molecule has 126 valence electrons. The van der Waals surface area contributed by atoms with E-state index in [1.807, 2.05) is 0 Å². The van der Waals surface area contributed by atoms with Gasteiger partial charge in [-0.2, -0.15) is 0 Å². The second-order valence-electron chi connectivity index (χ2n) is 5.98. The summed E-state index contributed by atoms with van der Waals surface area (Å²) in [4.78, 5) is 20.5. The summed E-state index contributed by atoms with van der Waals surface area (Å²) >= 11 is 0. The van der Waals surface area contributed by atoms with Crippen molar-refractivity contribution in [1.82, 2.24) is 15.3 Å². The maximum atomic E-state index is 12.1. The van der Waals surface area contributed by atoms with E-state index in [9.17, 15) is 4.79 Å². The van der Waals surface area contributed by atoms with E-state index in [2.05, 4.69) is 51.8 Å². The van der Waals surface area contributed by atoms with E-state index in [-0.39, 0.29) is 12.0 Å². The van der Waals surface area contributed by atoms with Crippen molar-refractivity contribution < 1.29 is 9.53 Å². The number of rotatable bonds is 6. The Hall–Kier alpha value is -2.47. The highest BCUT2D eigenvalue weighted by Crippen LogP contribution is 2.11. The van der Waals surface area contributed by atoms with Crippen LogP contribution in [0.5, 0.6) is 0 Å². The third-order valence-corrected chi connectivity index (χ3v) is 4.00. The molecule has 2 aromatic rings. The molecule has 1 unspecified atom stereocenters. The highest BCUT2D eigenvalue weighted by atomic mass is 16.5. The van der Waals surface area contributed by atoms with Crippen LogP contribution in [0.15, 0.2) is 36.7 Å². The van der Waals surface area contributed by atoms with Crippen LogP contribution < -0.4 is 10.6 Å². The highest BCUT2D eigenvalue weighted by Gasteiger charge is 2.16. The Kier molecular flexibility index (Phi) is 5.38. The number of carbonyl (C=O) groups is 1. The van der Waals surface area contributed by atoms with E-state index in [0.717, 1.165) is 25.0 Å². The molecule has 1 aliphatic rings. The number of ether oxygens (including phenoxy) is 1. The van der Waals surface area contributed by atoms with Gasteiger partial charge in [0.05, 0.1) is 11.7 Å². The molecule has 0 saturated carbocycles. The van der Waals surface area contributed by atoms with E-state index in [1.54, 1.807) is 0 Å². The smallest absolute Gasteiger partial charge is 0.254 e. The minimum atomic E-state index is -0.171. The number of anilines is 1. The van der Waals surface area contributed by atoms with Gasteiger partial charge in [-0.15, -0.1) is 0 Å². The SMILES string of the molecule is Cc1ccc(CNc2ncc(C(=O)NCC3CCCO3)cn2)cc1. The number of nitrogens with zero attached hydrogens (tertiary/aromatic N) is 2. The number of aromatic nitrogens is 2. The molecule has 1 amide bonds. The van der Waals surface area contributed by atoms with E-state index in [0.29, 0.717) is 24.6 Å². The van der Waals surface area contributed by atoms with E-state index in [1.165, 1.54) is 18.0 Å². The molecule has 1 fully saturated rings. The van der Waals surface area contributed by atoms with Crippen LogP contribution in [-0.4, -0.2) is 35.1 Å². The summed E-state index contributed by atoms with van der Waals surface area (Å²) in [6.07, 6.45) is 5.26. The standard InChI is InChI=1S/C18H22N4O2/c1-13-4-6-14(7-5-13)9-20-18-21-10-15(11-22-18)17(23)19-12-16-3-2-8-24-16/h4-7,10-11,16H,2-3,8-9,12H2,1H3,(H,19,23)(H,20,21,22). The van der Waals surface area contributed by atoms with E-state index >= 15 is 0 Å². The minimum absolute atomic E-state index is 0.130. The molecule has 2 heterocycles. The number of benzene rings is 1. The van der Waals surface area contributed by atoms with Gasteiger partial charge in [0.25, 0.3) is 5.91 Å². The fourth-order valence-corrected chi connectivity index (χ4v) is 2.54. The van der Waals surface area contributed by atoms with Gasteiger partial charge in [0, 0.05) is 32.1 Å². The number of amides is 1. The summed E-state index contributed by atoms with van der Waals surface area (Å²) in [6, 6.07) is 8.27. The molecule has 0 aliphatic carbocycles. The van der Waals surface area contributed by atoms with E-state index < -0.39 is 0 Å². The van der Waals surface area contributed by atoms with Crippen molar-refractivity contribution >= 4 is 11.9 Å². The van der Waals surface area contributed by atoms with Crippen molar-refractivity contribution in [2.75, 3.05) is 18.5 Å². The van der Waals surface area contributed by atoms with Crippen LogP contribution in [0, 0.1) is 6.92 Å². The zero-order chi connectivity index (χ0) is 16.8. The molecule has 1 aromatic carbocycles. The minimum Gasteiger partial charge on any atom is -0.376 e. The highest BCUT2D eigenvalue weighted by molar-refractivity contribution is 5.93. The first-order valence-electron chi connectivity index (χ1n) is 8.22. The number of hydrogen-bond acceptors (Lipinski definition) is 5. The van der Waals surface area contributed by atoms with Crippen LogP contribution >= 0.6 is 0 Å². The molecule has 1 atom stereocenters. The molecule has 3 rings (SSSR count). The third-order valence-electron chi connectivity index (χ3n) is 4.00. The summed E-state index contributed by atoms with van der Waals surface area (Å²) in [5, 5.41) is 6.01. The number of hydrogen-bond donors (Lipinski definition) is 2. The normalized spacial score (nSPS) is 16.8. The number of aryl methyl sites for hydroxylation is 1. The third kappa shape index (κ3) is 4.52. The van der Waals surface area contributed by atoms with Crippen LogP contribution in [-0.2, 0) is 11.3 Å².